The van der Waals surface area contributed by atoms with Gasteiger partial charge in [0.2, 0.25) is 0 Å². The summed E-state index contributed by atoms with van der Waals surface area (Å²) in [7, 11) is 0. The summed E-state index contributed by atoms with van der Waals surface area (Å²) >= 11 is 3.86. The smallest absolute Gasteiger partial charge is 0.321 e. The fraction of sp³-hybridized carbons (Fsp3) is 0.833. The number of amides is 3. The van der Waals surface area contributed by atoms with Gasteiger partial charge in [-0.25, -0.2) is 4.79 Å². The van der Waals surface area contributed by atoms with Crippen molar-refractivity contribution >= 4 is 33.8 Å². The first-order chi connectivity index (χ1) is 11.7. The number of halogens is 1. The summed E-state index contributed by atoms with van der Waals surface area (Å²) < 4.78 is 5.37. The zero-order valence-electron chi connectivity index (χ0n) is 14.9. The highest BCUT2D eigenvalue weighted by Crippen LogP contribution is 2.64. The molecule has 0 heterocycles. The second kappa shape index (κ2) is 6.89. The van der Waals surface area contributed by atoms with Gasteiger partial charge in [0, 0.05) is 10.9 Å². The molecule has 6 nitrogen and oxygen atoms in total. The minimum absolute atomic E-state index is 0.0646. The monoisotopic (exact) mass is 414 g/mol. The van der Waals surface area contributed by atoms with Gasteiger partial charge in [-0.05, 0) is 56.3 Å². The van der Waals surface area contributed by atoms with E-state index in [4.69, 9.17) is 4.74 Å². The van der Waals surface area contributed by atoms with E-state index in [-0.39, 0.29) is 10.3 Å². The Labute approximate surface area is 156 Å². The highest BCUT2D eigenvalue weighted by Gasteiger charge is 2.60. The molecular formula is C18H27BrN2O4. The van der Waals surface area contributed by atoms with Crippen molar-refractivity contribution in [3.63, 3.8) is 0 Å². The average molecular weight is 415 g/mol. The molecule has 0 aromatic heterocycles. The lowest BCUT2D eigenvalue weighted by molar-refractivity contribution is -0.171. The van der Waals surface area contributed by atoms with Crippen LogP contribution in [0.2, 0.25) is 0 Å². The van der Waals surface area contributed by atoms with Crippen molar-refractivity contribution in [2.75, 3.05) is 13.2 Å². The van der Waals surface area contributed by atoms with E-state index in [2.05, 4.69) is 26.6 Å². The minimum atomic E-state index is -0.590. The van der Waals surface area contributed by atoms with Crippen LogP contribution in [0.3, 0.4) is 0 Å². The van der Waals surface area contributed by atoms with Gasteiger partial charge >= 0.3 is 12.0 Å². The van der Waals surface area contributed by atoms with Crippen molar-refractivity contribution in [1.82, 2.24) is 10.6 Å². The molecule has 3 amide bonds. The SMILES string of the molecule is CC(C)CNC(=O)NC(=O)COC(=O)C12C[C@@H]3C[C@H](CC(Br)(C3)C1)C2. The molecule has 0 aliphatic heterocycles. The maximum absolute atomic E-state index is 12.7. The van der Waals surface area contributed by atoms with Crippen molar-refractivity contribution in [3.8, 4) is 0 Å². The molecule has 0 aromatic rings. The highest BCUT2D eigenvalue weighted by atomic mass is 79.9. The number of rotatable bonds is 5. The average Bonchev–Trinajstić information content (AvgIpc) is 2.48. The van der Waals surface area contributed by atoms with E-state index >= 15 is 0 Å². The number of hydrogen-bond acceptors (Lipinski definition) is 4. The first-order valence-electron chi connectivity index (χ1n) is 9.14. The quantitative estimate of drug-likeness (QED) is 0.534. The molecule has 0 spiro atoms. The number of carbonyl (C=O) groups excluding carboxylic acids is 3. The van der Waals surface area contributed by atoms with E-state index < -0.39 is 24.0 Å². The van der Waals surface area contributed by atoms with Crippen LogP contribution in [0.1, 0.15) is 52.4 Å². The summed E-state index contributed by atoms with van der Waals surface area (Å²) in [6.07, 6.45) is 6.00. The highest BCUT2D eigenvalue weighted by molar-refractivity contribution is 9.10. The largest absolute Gasteiger partial charge is 0.455 e. The third-order valence-corrected chi connectivity index (χ3v) is 6.61. The second-order valence-electron chi connectivity index (χ2n) is 8.62. The molecule has 2 atom stereocenters. The van der Waals surface area contributed by atoms with Crippen LogP contribution >= 0.6 is 15.9 Å². The van der Waals surface area contributed by atoms with E-state index in [1.54, 1.807) is 0 Å². The molecule has 4 rings (SSSR count). The summed E-state index contributed by atoms with van der Waals surface area (Å²) in [5.41, 5.74) is -0.451. The lowest BCUT2D eigenvalue weighted by Crippen LogP contribution is -2.56. The summed E-state index contributed by atoms with van der Waals surface area (Å²) in [6.45, 7) is 4.01. The van der Waals surface area contributed by atoms with Crippen LogP contribution in [0.5, 0.6) is 0 Å². The van der Waals surface area contributed by atoms with Crippen LogP contribution in [-0.4, -0.2) is 35.4 Å². The third-order valence-electron chi connectivity index (χ3n) is 5.68. The molecule has 4 aliphatic rings. The Morgan fingerprint density at radius 1 is 1.16 bits per heavy atom. The summed E-state index contributed by atoms with van der Waals surface area (Å²) in [6, 6.07) is -0.552. The molecule has 0 radical (unpaired) electrons. The normalized spacial score (nSPS) is 35.5. The number of ether oxygens (including phenoxy) is 1. The summed E-state index contributed by atoms with van der Waals surface area (Å²) in [5, 5.41) is 4.79. The Bertz CT molecular complexity index is 563. The number of urea groups is 1. The molecule has 25 heavy (non-hydrogen) atoms. The Balaban J connectivity index is 1.50. The predicted octanol–water partition coefficient (Wildman–Crippen LogP) is 2.75. The molecule has 4 aliphatic carbocycles. The Morgan fingerprint density at radius 2 is 1.80 bits per heavy atom. The Hall–Kier alpha value is -1.11. The van der Waals surface area contributed by atoms with Gasteiger partial charge in [0.1, 0.15) is 0 Å². The van der Waals surface area contributed by atoms with Gasteiger partial charge in [-0.2, -0.15) is 0 Å². The topological polar surface area (TPSA) is 84.5 Å². The molecular weight excluding hydrogens is 388 g/mol. The zero-order chi connectivity index (χ0) is 18.2. The molecule has 0 saturated heterocycles. The van der Waals surface area contributed by atoms with Crippen LogP contribution in [-0.2, 0) is 14.3 Å². The van der Waals surface area contributed by atoms with Gasteiger partial charge in [-0.15, -0.1) is 0 Å². The number of nitrogens with one attached hydrogen (secondary N) is 2. The second-order valence-corrected chi connectivity index (χ2v) is 10.3. The van der Waals surface area contributed by atoms with Crippen molar-refractivity contribution in [2.45, 2.75) is 56.7 Å². The number of hydrogen-bond donors (Lipinski definition) is 2. The molecule has 0 unspecified atom stereocenters. The molecule has 4 saturated carbocycles. The molecule has 4 fully saturated rings. The van der Waals surface area contributed by atoms with E-state index in [1.165, 1.54) is 6.42 Å². The maximum atomic E-state index is 12.7. The van der Waals surface area contributed by atoms with E-state index in [9.17, 15) is 14.4 Å². The van der Waals surface area contributed by atoms with Gasteiger partial charge in [-0.3, -0.25) is 14.9 Å². The van der Waals surface area contributed by atoms with Crippen LogP contribution in [0, 0.1) is 23.2 Å². The minimum Gasteiger partial charge on any atom is -0.455 e. The number of alkyl halides is 1. The van der Waals surface area contributed by atoms with E-state index in [1.807, 2.05) is 13.8 Å². The standard InChI is InChI=1S/C18H27BrN2O4/c1-11(2)8-20-16(24)21-14(22)9-25-15(23)17-4-12-3-13(5-17)7-18(19,6-12)10-17/h11-13H,3-10H2,1-2H3,(H2,20,21,22,24)/t12-,13-,17?,18?/m0/s1. The van der Waals surface area contributed by atoms with Crippen LogP contribution in [0.25, 0.3) is 0 Å². The van der Waals surface area contributed by atoms with Gasteiger partial charge in [0.25, 0.3) is 5.91 Å². The predicted molar refractivity (Wildman–Crippen MR) is 96.1 cm³/mol. The van der Waals surface area contributed by atoms with Gasteiger partial charge < -0.3 is 10.1 Å². The van der Waals surface area contributed by atoms with Crippen molar-refractivity contribution in [3.05, 3.63) is 0 Å². The summed E-state index contributed by atoms with van der Waals surface area (Å²) in [5.74, 6) is 0.579. The third kappa shape index (κ3) is 4.18. The number of esters is 1. The zero-order valence-corrected chi connectivity index (χ0v) is 16.5. The number of carbonyl (C=O) groups is 3. The maximum Gasteiger partial charge on any atom is 0.321 e. The van der Waals surface area contributed by atoms with Gasteiger partial charge in [0.05, 0.1) is 5.41 Å². The molecule has 4 bridgehead atoms. The van der Waals surface area contributed by atoms with Crippen molar-refractivity contribution < 1.29 is 19.1 Å². The molecule has 7 heteroatoms. The fourth-order valence-electron chi connectivity index (χ4n) is 5.18. The fourth-order valence-corrected chi connectivity index (χ4v) is 6.63. The van der Waals surface area contributed by atoms with Gasteiger partial charge in [0.15, 0.2) is 6.61 Å². The number of imide groups is 1. The van der Waals surface area contributed by atoms with Crippen LogP contribution < -0.4 is 10.6 Å². The van der Waals surface area contributed by atoms with Gasteiger partial charge in [-0.1, -0.05) is 29.8 Å². The van der Waals surface area contributed by atoms with Crippen molar-refractivity contribution in [2.24, 2.45) is 23.2 Å². The molecule has 140 valence electrons. The summed E-state index contributed by atoms with van der Waals surface area (Å²) in [4.78, 5) is 36.1. The van der Waals surface area contributed by atoms with E-state index in [0.29, 0.717) is 24.3 Å². The van der Waals surface area contributed by atoms with Crippen molar-refractivity contribution in [1.29, 1.82) is 0 Å². The first kappa shape index (κ1) is 18.7. The van der Waals surface area contributed by atoms with E-state index in [0.717, 1.165) is 32.1 Å². The lowest BCUT2D eigenvalue weighted by Gasteiger charge is -2.58. The molecule has 0 aromatic carbocycles. The van der Waals surface area contributed by atoms with Crippen LogP contribution in [0.15, 0.2) is 0 Å². The Kier molecular flexibility index (Phi) is 5.15. The van der Waals surface area contributed by atoms with Crippen LogP contribution in [0.4, 0.5) is 4.79 Å². The lowest BCUT2D eigenvalue weighted by atomic mass is 9.49. The molecule has 2 N–H and O–H groups in total. The first-order valence-corrected chi connectivity index (χ1v) is 9.93. The Morgan fingerprint density at radius 3 is 2.36 bits per heavy atom.